The van der Waals surface area contributed by atoms with E-state index in [1.54, 1.807) is 12.0 Å². The van der Waals surface area contributed by atoms with Crippen molar-refractivity contribution in [3.8, 4) is 0 Å². The smallest absolute Gasteiger partial charge is 0.251 e. The molecule has 1 fully saturated rings. The largest absolute Gasteiger partial charge is 0.383 e. The molecule has 0 radical (unpaired) electrons. The maximum Gasteiger partial charge on any atom is 0.251 e. The Labute approximate surface area is 131 Å². The number of amides is 2. The molecule has 0 aromatic heterocycles. The van der Waals surface area contributed by atoms with Crippen LogP contribution >= 0.6 is 0 Å². The van der Waals surface area contributed by atoms with Crippen LogP contribution in [-0.4, -0.2) is 50.1 Å². The number of hydrogen-bond acceptors (Lipinski definition) is 3. The van der Waals surface area contributed by atoms with E-state index in [1.807, 2.05) is 31.2 Å². The number of nitrogens with one attached hydrogen (secondary N) is 1. The third kappa shape index (κ3) is 4.07. The molecule has 22 heavy (non-hydrogen) atoms. The molecule has 1 heterocycles. The zero-order valence-corrected chi connectivity index (χ0v) is 13.3. The minimum Gasteiger partial charge on any atom is -0.383 e. The Bertz CT molecular complexity index is 530. The van der Waals surface area contributed by atoms with Crippen molar-refractivity contribution in [2.24, 2.45) is 5.92 Å². The fourth-order valence-electron chi connectivity index (χ4n) is 2.79. The summed E-state index contributed by atoms with van der Waals surface area (Å²) in [4.78, 5) is 26.0. The molecule has 1 N–H and O–H groups in total. The molecular weight excluding hydrogens is 280 g/mol. The fourth-order valence-corrected chi connectivity index (χ4v) is 2.79. The standard InChI is InChI=1S/C17H24N2O3/c1-3-14-6-4-5-7-15(14)17(21)18-11-13-10-16(20)19(12-13)8-9-22-2/h4-7,13H,3,8-12H2,1-2H3,(H,18,21). The highest BCUT2D eigenvalue weighted by atomic mass is 16.5. The van der Waals surface area contributed by atoms with Crippen molar-refractivity contribution in [3.05, 3.63) is 35.4 Å². The van der Waals surface area contributed by atoms with Crippen LogP contribution in [0.5, 0.6) is 0 Å². The Morgan fingerprint density at radius 3 is 2.91 bits per heavy atom. The number of carbonyl (C=O) groups is 2. The van der Waals surface area contributed by atoms with Gasteiger partial charge in [-0.2, -0.15) is 0 Å². The van der Waals surface area contributed by atoms with Gasteiger partial charge < -0.3 is 15.0 Å². The molecule has 1 atom stereocenters. The van der Waals surface area contributed by atoms with Gasteiger partial charge in [-0.1, -0.05) is 25.1 Å². The summed E-state index contributed by atoms with van der Waals surface area (Å²) in [6.07, 6.45) is 1.33. The third-order valence-electron chi connectivity index (χ3n) is 4.05. The molecule has 2 rings (SSSR count). The topological polar surface area (TPSA) is 58.6 Å². The van der Waals surface area contributed by atoms with E-state index in [4.69, 9.17) is 4.74 Å². The Balaban J connectivity index is 1.86. The van der Waals surface area contributed by atoms with Crippen LogP contribution in [0.1, 0.15) is 29.3 Å². The molecule has 120 valence electrons. The number of rotatable bonds is 7. The van der Waals surface area contributed by atoms with Crippen molar-refractivity contribution in [1.82, 2.24) is 10.2 Å². The monoisotopic (exact) mass is 304 g/mol. The van der Waals surface area contributed by atoms with Gasteiger partial charge in [-0.25, -0.2) is 0 Å². The van der Waals surface area contributed by atoms with E-state index in [1.165, 1.54) is 0 Å². The van der Waals surface area contributed by atoms with E-state index in [0.29, 0.717) is 32.7 Å². The zero-order valence-electron chi connectivity index (χ0n) is 13.3. The van der Waals surface area contributed by atoms with Gasteiger partial charge in [-0.05, 0) is 18.1 Å². The molecule has 2 amide bonds. The van der Waals surface area contributed by atoms with E-state index >= 15 is 0 Å². The Morgan fingerprint density at radius 2 is 2.18 bits per heavy atom. The average Bonchev–Trinajstić information content (AvgIpc) is 2.90. The third-order valence-corrected chi connectivity index (χ3v) is 4.05. The summed E-state index contributed by atoms with van der Waals surface area (Å²) in [6.45, 7) is 4.44. The summed E-state index contributed by atoms with van der Waals surface area (Å²) in [6, 6.07) is 7.64. The van der Waals surface area contributed by atoms with E-state index in [2.05, 4.69) is 5.32 Å². The summed E-state index contributed by atoms with van der Waals surface area (Å²) in [5.74, 6) is 0.271. The number of methoxy groups -OCH3 is 1. The van der Waals surface area contributed by atoms with Gasteiger partial charge in [0, 0.05) is 44.6 Å². The second-order valence-corrected chi connectivity index (χ2v) is 5.62. The first-order valence-electron chi connectivity index (χ1n) is 7.78. The fraction of sp³-hybridized carbons (Fsp3) is 0.529. The summed E-state index contributed by atoms with van der Waals surface area (Å²) in [5, 5.41) is 2.96. The second kappa shape index (κ2) is 7.94. The summed E-state index contributed by atoms with van der Waals surface area (Å²) in [5.41, 5.74) is 1.77. The van der Waals surface area contributed by atoms with Crippen molar-refractivity contribution in [2.75, 3.05) is 33.4 Å². The first kappa shape index (κ1) is 16.5. The maximum atomic E-state index is 12.3. The Hall–Kier alpha value is -1.88. The van der Waals surface area contributed by atoms with Crippen molar-refractivity contribution in [1.29, 1.82) is 0 Å². The number of benzene rings is 1. The predicted molar refractivity (Wildman–Crippen MR) is 84.7 cm³/mol. The Morgan fingerprint density at radius 1 is 1.41 bits per heavy atom. The van der Waals surface area contributed by atoms with Crippen LogP contribution in [0.25, 0.3) is 0 Å². The normalized spacial score (nSPS) is 17.8. The van der Waals surface area contributed by atoms with E-state index in [-0.39, 0.29) is 17.7 Å². The SMILES string of the molecule is CCc1ccccc1C(=O)NCC1CC(=O)N(CCOC)C1. The molecule has 5 nitrogen and oxygen atoms in total. The Kier molecular flexibility index (Phi) is 5.95. The van der Waals surface area contributed by atoms with E-state index in [0.717, 1.165) is 17.5 Å². The van der Waals surface area contributed by atoms with E-state index in [9.17, 15) is 9.59 Å². The van der Waals surface area contributed by atoms with Crippen LogP contribution in [0.2, 0.25) is 0 Å². The van der Waals surface area contributed by atoms with Crippen molar-refractivity contribution in [2.45, 2.75) is 19.8 Å². The van der Waals surface area contributed by atoms with Crippen LogP contribution in [0, 0.1) is 5.92 Å². The van der Waals surface area contributed by atoms with E-state index < -0.39 is 0 Å². The highest BCUT2D eigenvalue weighted by molar-refractivity contribution is 5.95. The molecule has 0 saturated carbocycles. The highest BCUT2D eigenvalue weighted by Gasteiger charge is 2.29. The quantitative estimate of drug-likeness (QED) is 0.830. The van der Waals surface area contributed by atoms with Crippen molar-refractivity contribution in [3.63, 3.8) is 0 Å². The molecule has 1 saturated heterocycles. The van der Waals surface area contributed by atoms with Crippen LogP contribution < -0.4 is 5.32 Å². The summed E-state index contributed by atoms with van der Waals surface area (Å²) >= 11 is 0. The maximum absolute atomic E-state index is 12.3. The zero-order chi connectivity index (χ0) is 15.9. The number of nitrogens with zero attached hydrogens (tertiary/aromatic N) is 1. The molecule has 1 aromatic rings. The van der Waals surface area contributed by atoms with Crippen molar-refractivity contribution >= 4 is 11.8 Å². The predicted octanol–water partition coefficient (Wildman–Crippen LogP) is 1.47. The van der Waals surface area contributed by atoms with Gasteiger partial charge in [0.1, 0.15) is 0 Å². The van der Waals surface area contributed by atoms with Crippen LogP contribution in [0.15, 0.2) is 24.3 Å². The van der Waals surface area contributed by atoms with Crippen LogP contribution in [0.4, 0.5) is 0 Å². The molecule has 1 aliphatic rings. The van der Waals surface area contributed by atoms with Gasteiger partial charge in [-0.3, -0.25) is 9.59 Å². The molecule has 0 bridgehead atoms. The number of likely N-dealkylation sites (tertiary alicyclic amines) is 1. The molecule has 1 aromatic carbocycles. The minimum absolute atomic E-state index is 0.0553. The number of ether oxygens (including phenoxy) is 1. The van der Waals surface area contributed by atoms with Gasteiger partial charge in [0.15, 0.2) is 0 Å². The first-order valence-corrected chi connectivity index (χ1v) is 7.78. The molecule has 0 aliphatic carbocycles. The van der Waals surface area contributed by atoms with Gasteiger partial charge >= 0.3 is 0 Å². The lowest BCUT2D eigenvalue weighted by atomic mass is 10.0. The lowest BCUT2D eigenvalue weighted by molar-refractivity contribution is -0.128. The van der Waals surface area contributed by atoms with Gasteiger partial charge in [-0.15, -0.1) is 0 Å². The molecule has 1 unspecified atom stereocenters. The summed E-state index contributed by atoms with van der Waals surface area (Å²) in [7, 11) is 1.63. The van der Waals surface area contributed by atoms with Gasteiger partial charge in [0.2, 0.25) is 5.91 Å². The lowest BCUT2D eigenvalue weighted by Crippen LogP contribution is -2.32. The summed E-state index contributed by atoms with van der Waals surface area (Å²) < 4.78 is 5.01. The molecule has 0 spiro atoms. The molecule has 5 heteroatoms. The number of hydrogen-bond donors (Lipinski definition) is 1. The van der Waals surface area contributed by atoms with Crippen LogP contribution in [0.3, 0.4) is 0 Å². The second-order valence-electron chi connectivity index (χ2n) is 5.62. The van der Waals surface area contributed by atoms with Gasteiger partial charge in [0.25, 0.3) is 5.91 Å². The van der Waals surface area contributed by atoms with Crippen molar-refractivity contribution < 1.29 is 14.3 Å². The number of aryl methyl sites for hydroxylation is 1. The average molecular weight is 304 g/mol. The molecule has 1 aliphatic heterocycles. The lowest BCUT2D eigenvalue weighted by Gasteiger charge is -2.16. The first-order chi connectivity index (χ1) is 10.7. The molecular formula is C17H24N2O3. The van der Waals surface area contributed by atoms with Crippen LogP contribution in [-0.2, 0) is 16.0 Å². The number of carbonyl (C=O) groups excluding carboxylic acids is 2. The minimum atomic E-state index is -0.0553. The van der Waals surface area contributed by atoms with Gasteiger partial charge in [0.05, 0.1) is 6.61 Å². The highest BCUT2D eigenvalue weighted by Crippen LogP contribution is 2.17.